The van der Waals surface area contributed by atoms with Gasteiger partial charge in [-0.1, -0.05) is 0 Å². The second-order valence-corrected chi connectivity index (χ2v) is 5.41. The molecule has 0 bridgehead atoms. The van der Waals surface area contributed by atoms with Crippen LogP contribution in [0.1, 0.15) is 25.3 Å². The fourth-order valence-electron chi connectivity index (χ4n) is 2.30. The molecule has 0 spiro atoms. The molecule has 1 saturated heterocycles. The summed E-state index contributed by atoms with van der Waals surface area (Å²) in [5, 5.41) is 4.40. The van der Waals surface area contributed by atoms with Crippen LogP contribution in [0.5, 0.6) is 0 Å². The normalized spacial score (nSPS) is 25.3. The zero-order valence-corrected chi connectivity index (χ0v) is 10.2. The third kappa shape index (κ3) is 3.03. The monoisotopic (exact) mass is 224 g/mol. The summed E-state index contributed by atoms with van der Waals surface area (Å²) >= 11 is 1.78. The zero-order chi connectivity index (χ0) is 10.7. The lowest BCUT2D eigenvalue weighted by atomic mass is 9.92. The highest BCUT2D eigenvalue weighted by atomic mass is 32.1. The third-order valence-electron chi connectivity index (χ3n) is 3.27. The minimum atomic E-state index is 0.343. The van der Waals surface area contributed by atoms with Crippen molar-refractivity contribution in [3.8, 4) is 0 Å². The molecular weight excluding hydrogens is 204 g/mol. The second-order valence-electron chi connectivity index (χ2n) is 4.63. The molecule has 2 unspecified atom stereocenters. The van der Waals surface area contributed by atoms with Gasteiger partial charge in [0, 0.05) is 19.1 Å². The van der Waals surface area contributed by atoms with Gasteiger partial charge >= 0.3 is 0 Å². The summed E-state index contributed by atoms with van der Waals surface area (Å²) in [5.74, 6) is 0.692. The number of hydrogen-bond acceptors (Lipinski definition) is 3. The topological polar surface area (TPSA) is 29.3 Å². The van der Waals surface area contributed by atoms with Gasteiger partial charge in [0.1, 0.15) is 0 Å². The quantitative estimate of drug-likeness (QED) is 0.853. The van der Waals surface area contributed by atoms with E-state index >= 15 is 0 Å². The Morgan fingerprint density at radius 2 is 2.53 bits per heavy atom. The summed E-state index contributed by atoms with van der Waals surface area (Å²) in [7, 11) is 0. The third-order valence-corrected chi connectivity index (χ3v) is 4.00. The summed E-state index contributed by atoms with van der Waals surface area (Å²) in [6, 6.07) is 2.57. The van der Waals surface area contributed by atoms with Crippen molar-refractivity contribution < 1.29 is 0 Å². The minimum Gasteiger partial charge on any atom is -0.328 e. The number of hydrogen-bond donors (Lipinski definition) is 1. The first-order valence-corrected chi connectivity index (χ1v) is 6.69. The van der Waals surface area contributed by atoms with Gasteiger partial charge in [0.25, 0.3) is 0 Å². The van der Waals surface area contributed by atoms with Gasteiger partial charge in [-0.3, -0.25) is 4.90 Å². The van der Waals surface area contributed by atoms with Crippen LogP contribution in [0, 0.1) is 5.92 Å². The van der Waals surface area contributed by atoms with Gasteiger partial charge in [-0.2, -0.15) is 11.3 Å². The van der Waals surface area contributed by atoms with Crippen molar-refractivity contribution in [2.45, 2.75) is 32.4 Å². The summed E-state index contributed by atoms with van der Waals surface area (Å²) < 4.78 is 0. The van der Waals surface area contributed by atoms with E-state index in [4.69, 9.17) is 5.73 Å². The summed E-state index contributed by atoms with van der Waals surface area (Å²) in [6.45, 7) is 5.65. The van der Waals surface area contributed by atoms with Crippen molar-refractivity contribution in [3.63, 3.8) is 0 Å². The van der Waals surface area contributed by atoms with E-state index in [1.165, 1.54) is 31.5 Å². The lowest BCUT2D eigenvalue weighted by Gasteiger charge is -2.34. The Morgan fingerprint density at radius 3 is 3.20 bits per heavy atom. The Kier molecular flexibility index (Phi) is 3.78. The molecule has 84 valence electrons. The standard InChI is InChI=1S/C12H20N2S/c1-10(13)12-3-2-5-14(8-12)7-11-4-6-15-9-11/h4,6,9-10,12H,2-3,5,7-8,13H2,1H3. The van der Waals surface area contributed by atoms with Crippen LogP contribution in [0.3, 0.4) is 0 Å². The first-order valence-electron chi connectivity index (χ1n) is 5.74. The van der Waals surface area contributed by atoms with E-state index in [0.717, 1.165) is 6.54 Å². The highest BCUT2D eigenvalue weighted by molar-refractivity contribution is 7.07. The average molecular weight is 224 g/mol. The van der Waals surface area contributed by atoms with Crippen molar-refractivity contribution in [3.05, 3.63) is 22.4 Å². The lowest BCUT2D eigenvalue weighted by molar-refractivity contribution is 0.154. The first-order chi connectivity index (χ1) is 7.25. The Morgan fingerprint density at radius 1 is 1.67 bits per heavy atom. The van der Waals surface area contributed by atoms with Gasteiger partial charge in [-0.25, -0.2) is 0 Å². The van der Waals surface area contributed by atoms with Crippen LogP contribution in [0.2, 0.25) is 0 Å². The molecule has 3 heteroatoms. The van der Waals surface area contributed by atoms with Crippen molar-refractivity contribution in [2.24, 2.45) is 11.7 Å². The van der Waals surface area contributed by atoms with Gasteiger partial charge in [-0.15, -0.1) is 0 Å². The molecule has 1 aromatic rings. The average Bonchev–Trinajstić information content (AvgIpc) is 2.71. The predicted molar refractivity (Wildman–Crippen MR) is 66.0 cm³/mol. The van der Waals surface area contributed by atoms with E-state index in [1.54, 1.807) is 11.3 Å². The minimum absolute atomic E-state index is 0.343. The van der Waals surface area contributed by atoms with E-state index < -0.39 is 0 Å². The van der Waals surface area contributed by atoms with Gasteiger partial charge in [0.05, 0.1) is 0 Å². The molecule has 15 heavy (non-hydrogen) atoms. The molecule has 1 aliphatic rings. The van der Waals surface area contributed by atoms with Gasteiger partial charge in [0.15, 0.2) is 0 Å². The summed E-state index contributed by atoms with van der Waals surface area (Å²) in [5.41, 5.74) is 7.43. The molecule has 2 N–H and O–H groups in total. The van der Waals surface area contributed by atoms with Crippen LogP contribution in [-0.2, 0) is 6.54 Å². The van der Waals surface area contributed by atoms with Crippen LogP contribution in [-0.4, -0.2) is 24.0 Å². The van der Waals surface area contributed by atoms with Crippen molar-refractivity contribution in [1.82, 2.24) is 4.90 Å². The molecule has 0 aliphatic carbocycles. The number of piperidine rings is 1. The molecule has 0 radical (unpaired) electrons. The molecular formula is C12H20N2S. The van der Waals surface area contributed by atoms with E-state index in [9.17, 15) is 0 Å². The zero-order valence-electron chi connectivity index (χ0n) is 9.36. The SMILES string of the molecule is CC(N)C1CCCN(Cc2ccsc2)C1. The number of thiophene rings is 1. The predicted octanol–water partition coefficient (Wildman–Crippen LogP) is 2.31. The molecule has 0 aromatic carbocycles. The molecule has 2 nitrogen and oxygen atoms in total. The van der Waals surface area contributed by atoms with Crippen LogP contribution in [0.25, 0.3) is 0 Å². The maximum atomic E-state index is 5.98. The molecule has 1 fully saturated rings. The lowest BCUT2D eigenvalue weighted by Crippen LogP contribution is -2.41. The van der Waals surface area contributed by atoms with E-state index in [0.29, 0.717) is 12.0 Å². The van der Waals surface area contributed by atoms with Crippen LogP contribution < -0.4 is 5.73 Å². The highest BCUT2D eigenvalue weighted by Crippen LogP contribution is 2.21. The molecule has 1 aromatic heterocycles. The number of nitrogens with two attached hydrogens (primary N) is 1. The Labute approximate surface area is 96.1 Å². The summed E-state index contributed by atoms with van der Waals surface area (Å²) in [6.07, 6.45) is 2.61. The maximum Gasteiger partial charge on any atom is 0.0242 e. The fourth-order valence-corrected chi connectivity index (χ4v) is 2.96. The second kappa shape index (κ2) is 5.10. The molecule has 1 aliphatic heterocycles. The van der Waals surface area contributed by atoms with Gasteiger partial charge in [0.2, 0.25) is 0 Å². The molecule has 2 rings (SSSR count). The van der Waals surface area contributed by atoms with Gasteiger partial charge in [-0.05, 0) is 54.6 Å². The Hall–Kier alpha value is -0.380. The fraction of sp³-hybridized carbons (Fsp3) is 0.667. The highest BCUT2D eigenvalue weighted by Gasteiger charge is 2.22. The van der Waals surface area contributed by atoms with Crippen molar-refractivity contribution >= 4 is 11.3 Å². The van der Waals surface area contributed by atoms with Gasteiger partial charge < -0.3 is 5.73 Å². The maximum absolute atomic E-state index is 5.98. The number of likely N-dealkylation sites (tertiary alicyclic amines) is 1. The number of nitrogens with zero attached hydrogens (tertiary/aromatic N) is 1. The van der Waals surface area contributed by atoms with E-state index in [2.05, 4.69) is 28.7 Å². The largest absolute Gasteiger partial charge is 0.328 e. The van der Waals surface area contributed by atoms with E-state index in [1.807, 2.05) is 0 Å². The molecule has 0 saturated carbocycles. The van der Waals surface area contributed by atoms with Crippen molar-refractivity contribution in [2.75, 3.05) is 13.1 Å². The van der Waals surface area contributed by atoms with Crippen LogP contribution in [0.15, 0.2) is 16.8 Å². The van der Waals surface area contributed by atoms with Crippen LogP contribution >= 0.6 is 11.3 Å². The smallest absolute Gasteiger partial charge is 0.0242 e. The Bertz CT molecular complexity index is 282. The molecule has 2 atom stereocenters. The molecule has 2 heterocycles. The molecule has 0 amide bonds. The van der Waals surface area contributed by atoms with Crippen molar-refractivity contribution in [1.29, 1.82) is 0 Å². The Balaban J connectivity index is 1.88. The number of rotatable bonds is 3. The first kappa shape index (κ1) is 11.1. The van der Waals surface area contributed by atoms with E-state index in [-0.39, 0.29) is 0 Å². The summed E-state index contributed by atoms with van der Waals surface area (Å²) in [4.78, 5) is 2.54. The van der Waals surface area contributed by atoms with Crippen LogP contribution in [0.4, 0.5) is 0 Å².